The molecule has 0 spiro atoms. The molecule has 132 valence electrons. The van der Waals surface area contributed by atoms with E-state index in [0.29, 0.717) is 18.6 Å². The lowest BCUT2D eigenvalue weighted by molar-refractivity contribution is 0.0311. The van der Waals surface area contributed by atoms with Crippen LogP contribution in [0.1, 0.15) is 44.9 Å². The van der Waals surface area contributed by atoms with Gasteiger partial charge in [0.1, 0.15) is 0 Å². The van der Waals surface area contributed by atoms with E-state index in [1.54, 1.807) is 0 Å². The molecule has 4 nitrogen and oxygen atoms in total. The van der Waals surface area contributed by atoms with Gasteiger partial charge in [-0.25, -0.2) is 0 Å². The van der Waals surface area contributed by atoms with Crippen molar-refractivity contribution in [2.24, 2.45) is 17.3 Å². The van der Waals surface area contributed by atoms with Gasteiger partial charge < -0.3 is 14.7 Å². The van der Waals surface area contributed by atoms with E-state index in [2.05, 4.69) is 9.80 Å². The molecule has 0 amide bonds. The first-order valence-corrected chi connectivity index (χ1v) is 9.94. The maximum absolute atomic E-state index is 10.2. The first kappa shape index (κ1) is 16.3. The zero-order valence-electron chi connectivity index (χ0n) is 14.6. The fourth-order valence-corrected chi connectivity index (χ4v) is 5.76. The van der Waals surface area contributed by atoms with Crippen LogP contribution in [0.4, 0.5) is 0 Å². The minimum atomic E-state index is 0.160. The lowest BCUT2D eigenvalue weighted by atomic mass is 9.82. The van der Waals surface area contributed by atoms with Crippen molar-refractivity contribution in [2.45, 2.75) is 51.0 Å². The Labute approximate surface area is 141 Å². The van der Waals surface area contributed by atoms with Gasteiger partial charge >= 0.3 is 0 Å². The van der Waals surface area contributed by atoms with Gasteiger partial charge in [-0.1, -0.05) is 19.3 Å². The minimum absolute atomic E-state index is 0.160. The molecule has 4 heteroatoms. The van der Waals surface area contributed by atoms with E-state index in [9.17, 15) is 5.11 Å². The van der Waals surface area contributed by atoms with E-state index in [1.807, 2.05) is 0 Å². The number of nitrogens with zero attached hydrogens (tertiary/aromatic N) is 2. The van der Waals surface area contributed by atoms with Crippen LogP contribution in [-0.2, 0) is 4.74 Å². The van der Waals surface area contributed by atoms with Gasteiger partial charge in [-0.15, -0.1) is 0 Å². The van der Waals surface area contributed by atoms with Gasteiger partial charge in [0.2, 0.25) is 0 Å². The molecule has 0 radical (unpaired) electrons. The second-order valence-electron chi connectivity index (χ2n) is 8.69. The number of likely N-dealkylation sites (tertiary alicyclic amines) is 2. The number of aliphatic hydroxyl groups excluding tert-OH is 1. The average Bonchev–Trinajstić information content (AvgIpc) is 3.11. The van der Waals surface area contributed by atoms with Gasteiger partial charge in [-0.2, -0.15) is 0 Å². The van der Waals surface area contributed by atoms with Crippen LogP contribution in [0.2, 0.25) is 0 Å². The Morgan fingerprint density at radius 3 is 2.43 bits per heavy atom. The van der Waals surface area contributed by atoms with E-state index >= 15 is 0 Å². The summed E-state index contributed by atoms with van der Waals surface area (Å²) in [6, 6.07) is 0.699. The van der Waals surface area contributed by atoms with Gasteiger partial charge in [-0.05, 0) is 37.5 Å². The van der Waals surface area contributed by atoms with Gasteiger partial charge in [0, 0.05) is 57.4 Å². The summed E-state index contributed by atoms with van der Waals surface area (Å²) >= 11 is 0. The molecular formula is C19H34N2O2. The Morgan fingerprint density at radius 2 is 1.74 bits per heavy atom. The zero-order valence-corrected chi connectivity index (χ0v) is 14.6. The molecule has 0 aromatic heterocycles. The summed E-state index contributed by atoms with van der Waals surface area (Å²) in [5, 5.41) is 10.2. The molecule has 1 saturated carbocycles. The van der Waals surface area contributed by atoms with Crippen molar-refractivity contribution in [3.8, 4) is 0 Å². The fourth-order valence-electron chi connectivity index (χ4n) is 5.76. The van der Waals surface area contributed by atoms with Crippen molar-refractivity contribution in [2.75, 3.05) is 52.5 Å². The number of fused-ring (bicyclic) bond motifs is 1. The van der Waals surface area contributed by atoms with Crippen LogP contribution in [0.15, 0.2) is 0 Å². The highest BCUT2D eigenvalue weighted by Gasteiger charge is 2.53. The summed E-state index contributed by atoms with van der Waals surface area (Å²) in [5.41, 5.74) is 0.160. The van der Waals surface area contributed by atoms with E-state index in [1.165, 1.54) is 64.6 Å². The van der Waals surface area contributed by atoms with Crippen LogP contribution in [0.5, 0.6) is 0 Å². The third-order valence-electron chi connectivity index (χ3n) is 7.12. The van der Waals surface area contributed by atoms with E-state index in [0.717, 1.165) is 32.2 Å². The highest BCUT2D eigenvalue weighted by molar-refractivity contribution is 5.05. The van der Waals surface area contributed by atoms with Crippen molar-refractivity contribution in [1.29, 1.82) is 0 Å². The lowest BCUT2D eigenvalue weighted by Gasteiger charge is -2.34. The molecule has 0 aromatic carbocycles. The van der Waals surface area contributed by atoms with Crippen molar-refractivity contribution in [3.05, 3.63) is 0 Å². The minimum Gasteiger partial charge on any atom is -0.396 e. The van der Waals surface area contributed by atoms with E-state index < -0.39 is 0 Å². The van der Waals surface area contributed by atoms with Gasteiger partial charge in [0.25, 0.3) is 0 Å². The number of ether oxygens (including phenoxy) is 1. The Bertz CT molecular complexity index is 393. The number of aliphatic hydroxyl groups is 1. The number of rotatable bonds is 4. The van der Waals surface area contributed by atoms with E-state index in [4.69, 9.17) is 4.74 Å². The molecule has 1 N–H and O–H groups in total. The van der Waals surface area contributed by atoms with E-state index in [-0.39, 0.29) is 5.41 Å². The highest BCUT2D eigenvalue weighted by Crippen LogP contribution is 2.44. The van der Waals surface area contributed by atoms with Crippen LogP contribution in [-0.4, -0.2) is 73.5 Å². The summed E-state index contributed by atoms with van der Waals surface area (Å²) in [6.45, 7) is 8.17. The first-order chi connectivity index (χ1) is 11.3. The molecule has 3 aliphatic heterocycles. The summed E-state index contributed by atoms with van der Waals surface area (Å²) in [6.07, 6.45) is 9.54. The first-order valence-electron chi connectivity index (χ1n) is 9.94. The van der Waals surface area contributed by atoms with Crippen molar-refractivity contribution >= 4 is 0 Å². The average molecular weight is 322 g/mol. The van der Waals surface area contributed by atoms with Crippen LogP contribution >= 0.6 is 0 Å². The van der Waals surface area contributed by atoms with Crippen molar-refractivity contribution < 1.29 is 9.84 Å². The van der Waals surface area contributed by atoms with Crippen molar-refractivity contribution in [1.82, 2.24) is 9.80 Å². The van der Waals surface area contributed by atoms with Crippen LogP contribution in [0.25, 0.3) is 0 Å². The predicted molar refractivity (Wildman–Crippen MR) is 91.4 cm³/mol. The SMILES string of the molecule is OCC12CN(CC3CCCCC3)CC1CN(C1CCOCC1)C2. The molecule has 2 unspecified atom stereocenters. The second kappa shape index (κ2) is 6.99. The maximum Gasteiger partial charge on any atom is 0.0515 e. The molecule has 2 atom stereocenters. The Balaban J connectivity index is 1.35. The summed E-state index contributed by atoms with van der Waals surface area (Å²) in [7, 11) is 0. The van der Waals surface area contributed by atoms with Crippen LogP contribution in [0.3, 0.4) is 0 Å². The third kappa shape index (κ3) is 3.33. The highest BCUT2D eigenvalue weighted by atomic mass is 16.5. The Morgan fingerprint density at radius 1 is 0.957 bits per heavy atom. The largest absolute Gasteiger partial charge is 0.396 e. The fraction of sp³-hybridized carbons (Fsp3) is 1.00. The summed E-state index contributed by atoms with van der Waals surface area (Å²) in [5.74, 6) is 1.60. The third-order valence-corrected chi connectivity index (χ3v) is 7.12. The molecule has 23 heavy (non-hydrogen) atoms. The standard InChI is InChI=1S/C19H34N2O2/c22-15-19-13-20(10-16-4-2-1-3-5-16)11-17(19)12-21(14-19)18-6-8-23-9-7-18/h16-18,22H,1-15H2. The summed E-state index contributed by atoms with van der Waals surface area (Å²) in [4.78, 5) is 5.37. The van der Waals surface area contributed by atoms with Gasteiger partial charge in [-0.3, -0.25) is 4.90 Å². The molecular weight excluding hydrogens is 288 g/mol. The molecule has 4 rings (SSSR count). The van der Waals surface area contributed by atoms with Gasteiger partial charge in [0.15, 0.2) is 0 Å². The quantitative estimate of drug-likeness (QED) is 0.858. The topological polar surface area (TPSA) is 35.9 Å². The molecule has 4 fully saturated rings. The second-order valence-corrected chi connectivity index (χ2v) is 8.69. The van der Waals surface area contributed by atoms with Crippen LogP contribution < -0.4 is 0 Å². The number of hydrogen-bond donors (Lipinski definition) is 1. The Kier molecular flexibility index (Phi) is 4.96. The Hall–Kier alpha value is -0.160. The smallest absolute Gasteiger partial charge is 0.0515 e. The van der Waals surface area contributed by atoms with Gasteiger partial charge in [0.05, 0.1) is 6.61 Å². The predicted octanol–water partition coefficient (Wildman–Crippen LogP) is 1.97. The lowest BCUT2D eigenvalue weighted by Crippen LogP contribution is -2.43. The van der Waals surface area contributed by atoms with Crippen LogP contribution in [0, 0.1) is 17.3 Å². The maximum atomic E-state index is 10.2. The van der Waals surface area contributed by atoms with Crippen molar-refractivity contribution in [3.63, 3.8) is 0 Å². The normalized spacial score (nSPS) is 38.2. The molecule has 0 aromatic rings. The number of hydrogen-bond acceptors (Lipinski definition) is 4. The molecule has 3 heterocycles. The molecule has 0 bridgehead atoms. The molecule has 1 aliphatic carbocycles. The molecule has 4 aliphatic rings. The molecule has 3 saturated heterocycles. The summed E-state index contributed by atoms with van der Waals surface area (Å²) < 4.78 is 5.52. The zero-order chi connectivity index (χ0) is 15.7. The monoisotopic (exact) mass is 322 g/mol.